The van der Waals surface area contributed by atoms with E-state index in [4.69, 9.17) is 5.73 Å². The number of hydrogen-bond acceptors (Lipinski definition) is 4. The second-order valence-corrected chi connectivity index (χ2v) is 9.80. The summed E-state index contributed by atoms with van der Waals surface area (Å²) in [7, 11) is -2.94. The Morgan fingerprint density at radius 2 is 2.05 bits per heavy atom. The second-order valence-electron chi connectivity index (χ2n) is 6.41. The molecule has 0 radical (unpaired) electrons. The Kier molecular flexibility index (Phi) is 4.35. The van der Waals surface area contributed by atoms with Gasteiger partial charge in [-0.2, -0.15) is 0 Å². The Labute approximate surface area is 131 Å². The highest BCUT2D eigenvalue weighted by atomic mass is 32.2. The molecular formula is C16H23NO2S2. The summed E-state index contributed by atoms with van der Waals surface area (Å²) in [5.41, 5.74) is 7.92. The standard InChI is InChI=1S/C16H23NO2S2/c1-21(18,19)12-6-4-5-11(9-12)16(17)14-10-20-15-8-3-2-7-13(14)15/h2-3,7-8,11-12,14,16H,4-6,9-10,17H2,1H3. The Balaban J connectivity index is 1.75. The van der Waals surface area contributed by atoms with Crippen LogP contribution in [0.2, 0.25) is 0 Å². The molecule has 0 aromatic heterocycles. The summed E-state index contributed by atoms with van der Waals surface area (Å²) in [6, 6.07) is 8.56. The fourth-order valence-corrected chi connectivity index (χ4v) is 6.27. The van der Waals surface area contributed by atoms with E-state index in [1.54, 1.807) is 0 Å². The largest absolute Gasteiger partial charge is 0.327 e. The van der Waals surface area contributed by atoms with Crippen LogP contribution in [0.3, 0.4) is 0 Å². The van der Waals surface area contributed by atoms with E-state index in [1.165, 1.54) is 16.7 Å². The molecule has 0 spiro atoms. The molecule has 3 nitrogen and oxygen atoms in total. The molecule has 3 rings (SSSR count). The maximum atomic E-state index is 11.8. The minimum atomic E-state index is -2.94. The molecule has 0 amide bonds. The van der Waals surface area contributed by atoms with E-state index in [1.807, 2.05) is 11.8 Å². The van der Waals surface area contributed by atoms with Gasteiger partial charge in [-0.15, -0.1) is 11.8 Å². The smallest absolute Gasteiger partial charge is 0.150 e. The van der Waals surface area contributed by atoms with E-state index < -0.39 is 9.84 Å². The number of thioether (sulfide) groups is 1. The summed E-state index contributed by atoms with van der Waals surface area (Å²) in [6.45, 7) is 0. The first-order valence-electron chi connectivity index (χ1n) is 7.63. The lowest BCUT2D eigenvalue weighted by molar-refractivity contribution is 0.285. The molecule has 1 heterocycles. The van der Waals surface area contributed by atoms with Crippen LogP contribution in [0.5, 0.6) is 0 Å². The average Bonchev–Trinajstić information content (AvgIpc) is 2.90. The van der Waals surface area contributed by atoms with Gasteiger partial charge in [0.05, 0.1) is 5.25 Å². The third kappa shape index (κ3) is 3.15. The van der Waals surface area contributed by atoms with Crippen LogP contribution in [0.4, 0.5) is 0 Å². The number of sulfone groups is 1. The van der Waals surface area contributed by atoms with Gasteiger partial charge >= 0.3 is 0 Å². The first kappa shape index (κ1) is 15.4. The van der Waals surface area contributed by atoms with Gasteiger partial charge in [-0.05, 0) is 36.8 Å². The van der Waals surface area contributed by atoms with Crippen molar-refractivity contribution in [3.63, 3.8) is 0 Å². The van der Waals surface area contributed by atoms with Crippen molar-refractivity contribution in [2.75, 3.05) is 12.0 Å². The zero-order chi connectivity index (χ0) is 15.0. The Hall–Kier alpha value is -0.520. The van der Waals surface area contributed by atoms with Gasteiger partial charge in [-0.1, -0.05) is 24.6 Å². The highest BCUT2D eigenvalue weighted by molar-refractivity contribution is 7.99. The molecule has 21 heavy (non-hydrogen) atoms. The molecule has 1 fully saturated rings. The number of hydrogen-bond donors (Lipinski definition) is 1. The maximum Gasteiger partial charge on any atom is 0.150 e. The first-order chi connectivity index (χ1) is 9.97. The van der Waals surface area contributed by atoms with Crippen molar-refractivity contribution in [2.45, 2.75) is 47.8 Å². The van der Waals surface area contributed by atoms with E-state index in [-0.39, 0.29) is 11.3 Å². The van der Waals surface area contributed by atoms with Crippen LogP contribution in [-0.4, -0.2) is 31.7 Å². The molecule has 2 aliphatic rings. The molecule has 1 aliphatic carbocycles. The fourth-order valence-electron chi connectivity index (χ4n) is 3.75. The lowest BCUT2D eigenvalue weighted by Crippen LogP contribution is -2.41. The minimum Gasteiger partial charge on any atom is -0.327 e. The number of nitrogens with two attached hydrogens (primary N) is 1. The summed E-state index contributed by atoms with van der Waals surface area (Å²) in [5, 5.41) is -0.188. The lowest BCUT2D eigenvalue weighted by Gasteiger charge is -2.34. The van der Waals surface area contributed by atoms with Crippen molar-refractivity contribution >= 4 is 21.6 Å². The van der Waals surface area contributed by atoms with E-state index >= 15 is 0 Å². The van der Waals surface area contributed by atoms with Gasteiger partial charge in [-0.25, -0.2) is 8.42 Å². The zero-order valence-corrected chi connectivity index (χ0v) is 14.0. The predicted octanol–water partition coefficient (Wildman–Crippen LogP) is 2.81. The first-order valence-corrected chi connectivity index (χ1v) is 10.6. The zero-order valence-electron chi connectivity index (χ0n) is 12.4. The minimum absolute atomic E-state index is 0.0747. The molecule has 1 saturated carbocycles. The quantitative estimate of drug-likeness (QED) is 0.928. The SMILES string of the molecule is CS(=O)(=O)C1CCCC(C(N)C2CSc3ccccc32)C1. The normalized spacial score (nSPS) is 30.9. The molecule has 5 heteroatoms. The predicted molar refractivity (Wildman–Crippen MR) is 88.5 cm³/mol. The maximum absolute atomic E-state index is 11.8. The second kappa shape index (κ2) is 5.94. The molecule has 0 saturated heterocycles. The summed E-state index contributed by atoms with van der Waals surface area (Å²) in [5.74, 6) is 1.73. The van der Waals surface area contributed by atoms with E-state index in [0.717, 1.165) is 31.4 Å². The van der Waals surface area contributed by atoms with E-state index in [9.17, 15) is 8.42 Å². The Bertz CT molecular complexity index is 614. The van der Waals surface area contributed by atoms with Crippen LogP contribution in [0.15, 0.2) is 29.2 Å². The van der Waals surface area contributed by atoms with Crippen molar-refractivity contribution in [1.82, 2.24) is 0 Å². The van der Waals surface area contributed by atoms with Crippen LogP contribution in [0.1, 0.15) is 37.2 Å². The van der Waals surface area contributed by atoms with Gasteiger partial charge < -0.3 is 5.73 Å². The molecule has 1 aromatic rings. The van der Waals surface area contributed by atoms with Crippen molar-refractivity contribution in [2.24, 2.45) is 11.7 Å². The highest BCUT2D eigenvalue weighted by Gasteiger charge is 2.37. The van der Waals surface area contributed by atoms with Crippen molar-refractivity contribution in [3.8, 4) is 0 Å². The number of fused-ring (bicyclic) bond motifs is 1. The lowest BCUT2D eigenvalue weighted by atomic mass is 9.77. The third-order valence-electron chi connectivity index (χ3n) is 5.02. The summed E-state index contributed by atoms with van der Waals surface area (Å²) < 4.78 is 23.7. The van der Waals surface area contributed by atoms with Crippen molar-refractivity contribution in [1.29, 1.82) is 0 Å². The van der Waals surface area contributed by atoms with Crippen LogP contribution in [0, 0.1) is 5.92 Å². The van der Waals surface area contributed by atoms with Crippen LogP contribution >= 0.6 is 11.8 Å². The van der Waals surface area contributed by atoms with Gasteiger partial charge in [0.15, 0.2) is 0 Å². The van der Waals surface area contributed by atoms with Gasteiger partial charge in [0.1, 0.15) is 9.84 Å². The molecule has 1 aliphatic heterocycles. The molecule has 4 atom stereocenters. The van der Waals surface area contributed by atoms with Crippen molar-refractivity contribution < 1.29 is 8.42 Å². The van der Waals surface area contributed by atoms with E-state index in [2.05, 4.69) is 24.3 Å². The monoisotopic (exact) mass is 325 g/mol. The Morgan fingerprint density at radius 3 is 2.81 bits per heavy atom. The molecule has 2 N–H and O–H groups in total. The third-order valence-corrected chi connectivity index (χ3v) is 7.87. The van der Waals surface area contributed by atoms with Crippen LogP contribution < -0.4 is 5.73 Å². The van der Waals surface area contributed by atoms with Crippen LogP contribution in [0.25, 0.3) is 0 Å². The van der Waals surface area contributed by atoms with Gasteiger partial charge in [0.2, 0.25) is 0 Å². The molecule has 1 aromatic carbocycles. The summed E-state index contributed by atoms with van der Waals surface area (Å²) in [6.07, 6.45) is 4.96. The van der Waals surface area contributed by atoms with Crippen LogP contribution in [-0.2, 0) is 9.84 Å². The summed E-state index contributed by atoms with van der Waals surface area (Å²) in [4.78, 5) is 1.34. The Morgan fingerprint density at radius 1 is 1.29 bits per heavy atom. The molecule has 116 valence electrons. The number of rotatable bonds is 3. The fraction of sp³-hybridized carbons (Fsp3) is 0.625. The average molecular weight is 325 g/mol. The van der Waals surface area contributed by atoms with E-state index in [0.29, 0.717) is 11.8 Å². The van der Waals surface area contributed by atoms with Crippen molar-refractivity contribution in [3.05, 3.63) is 29.8 Å². The molecular weight excluding hydrogens is 302 g/mol. The number of benzene rings is 1. The highest BCUT2D eigenvalue weighted by Crippen LogP contribution is 2.44. The van der Waals surface area contributed by atoms with Gasteiger partial charge in [-0.3, -0.25) is 0 Å². The topological polar surface area (TPSA) is 60.2 Å². The van der Waals surface area contributed by atoms with Gasteiger partial charge in [0, 0.05) is 28.9 Å². The molecule has 4 unspecified atom stereocenters. The summed E-state index contributed by atoms with van der Waals surface area (Å²) >= 11 is 1.88. The molecule has 0 bridgehead atoms. The van der Waals surface area contributed by atoms with Gasteiger partial charge in [0.25, 0.3) is 0 Å².